The molecule has 1 aliphatic heterocycles. The van der Waals surface area contributed by atoms with E-state index in [1.165, 1.54) is 16.7 Å². The summed E-state index contributed by atoms with van der Waals surface area (Å²) in [5.41, 5.74) is 5.73. The molecular weight excluding hydrogens is 360 g/mol. The summed E-state index contributed by atoms with van der Waals surface area (Å²) >= 11 is 0. The van der Waals surface area contributed by atoms with Crippen molar-refractivity contribution in [2.75, 3.05) is 20.6 Å². The van der Waals surface area contributed by atoms with Gasteiger partial charge in [-0.1, -0.05) is 49.7 Å². The Morgan fingerprint density at radius 3 is 2.41 bits per heavy atom. The highest BCUT2D eigenvalue weighted by atomic mass is 16.2. The van der Waals surface area contributed by atoms with Gasteiger partial charge in [-0.3, -0.25) is 9.59 Å². The lowest BCUT2D eigenvalue weighted by Gasteiger charge is -2.40. The number of fused-ring (bicyclic) bond motifs is 1. The van der Waals surface area contributed by atoms with Gasteiger partial charge in [0.1, 0.15) is 0 Å². The lowest BCUT2D eigenvalue weighted by atomic mass is 9.85. The molecule has 1 heterocycles. The molecule has 1 unspecified atom stereocenters. The predicted octanol–water partition coefficient (Wildman–Crippen LogP) is 4.41. The second-order valence-corrected chi connectivity index (χ2v) is 8.62. The molecule has 0 fully saturated rings. The molecule has 0 bridgehead atoms. The molecule has 2 aromatic rings. The Hall–Kier alpha value is -2.62. The van der Waals surface area contributed by atoms with Crippen molar-refractivity contribution >= 4 is 11.8 Å². The summed E-state index contributed by atoms with van der Waals surface area (Å²) < 4.78 is 0. The fourth-order valence-electron chi connectivity index (χ4n) is 4.25. The lowest BCUT2D eigenvalue weighted by Crippen LogP contribution is -2.42. The predicted molar refractivity (Wildman–Crippen MR) is 117 cm³/mol. The van der Waals surface area contributed by atoms with Gasteiger partial charge >= 0.3 is 0 Å². The van der Waals surface area contributed by atoms with Crippen LogP contribution in [0, 0.1) is 12.8 Å². The number of aryl methyl sites for hydroxylation is 2. The highest BCUT2D eigenvalue weighted by Crippen LogP contribution is 2.36. The Balaban J connectivity index is 1.68. The van der Waals surface area contributed by atoms with E-state index in [0.717, 1.165) is 18.5 Å². The first-order valence-electron chi connectivity index (χ1n) is 10.5. The van der Waals surface area contributed by atoms with Crippen LogP contribution in [0.25, 0.3) is 0 Å². The van der Waals surface area contributed by atoms with Gasteiger partial charge in [-0.25, -0.2) is 0 Å². The molecule has 4 nitrogen and oxygen atoms in total. The molecule has 29 heavy (non-hydrogen) atoms. The number of amides is 2. The minimum atomic E-state index is -0.00498. The molecule has 2 aromatic carbocycles. The van der Waals surface area contributed by atoms with Gasteiger partial charge in [-0.05, 0) is 54.5 Å². The van der Waals surface area contributed by atoms with Crippen LogP contribution in [0.4, 0.5) is 0 Å². The molecule has 0 spiro atoms. The minimum absolute atomic E-state index is 0.00498. The van der Waals surface area contributed by atoms with Crippen molar-refractivity contribution in [1.82, 2.24) is 9.80 Å². The Labute approximate surface area is 174 Å². The van der Waals surface area contributed by atoms with Crippen LogP contribution in [0.3, 0.4) is 0 Å². The highest BCUT2D eigenvalue weighted by molar-refractivity contribution is 5.93. The molecule has 0 N–H and O–H groups in total. The first-order valence-corrected chi connectivity index (χ1v) is 10.5. The van der Waals surface area contributed by atoms with Crippen molar-refractivity contribution in [2.45, 2.75) is 46.1 Å². The molecule has 0 saturated heterocycles. The Kier molecular flexibility index (Phi) is 6.41. The van der Waals surface area contributed by atoms with E-state index in [1.54, 1.807) is 19.0 Å². The van der Waals surface area contributed by atoms with Crippen LogP contribution in [0.5, 0.6) is 0 Å². The van der Waals surface area contributed by atoms with Crippen molar-refractivity contribution in [3.63, 3.8) is 0 Å². The zero-order chi connectivity index (χ0) is 21.1. The minimum Gasteiger partial charge on any atom is -0.345 e. The maximum absolute atomic E-state index is 13.1. The highest BCUT2D eigenvalue weighted by Gasteiger charge is 2.32. The molecule has 1 aliphatic rings. The third kappa shape index (κ3) is 4.69. The molecule has 0 radical (unpaired) electrons. The second kappa shape index (κ2) is 8.81. The Morgan fingerprint density at radius 2 is 1.79 bits per heavy atom. The summed E-state index contributed by atoms with van der Waals surface area (Å²) in [5.74, 6) is 0.579. The first kappa shape index (κ1) is 21.1. The number of carbonyl (C=O) groups is 2. The number of benzene rings is 2. The molecule has 0 aliphatic carbocycles. The van der Waals surface area contributed by atoms with E-state index in [-0.39, 0.29) is 17.9 Å². The average Bonchev–Trinajstić information content (AvgIpc) is 2.70. The Bertz CT molecular complexity index is 884. The van der Waals surface area contributed by atoms with Crippen LogP contribution in [0.1, 0.15) is 58.9 Å². The van der Waals surface area contributed by atoms with Gasteiger partial charge < -0.3 is 9.80 Å². The number of hydrogen-bond donors (Lipinski definition) is 0. The van der Waals surface area contributed by atoms with E-state index in [4.69, 9.17) is 0 Å². The molecule has 0 aromatic heterocycles. The van der Waals surface area contributed by atoms with E-state index in [0.29, 0.717) is 24.3 Å². The summed E-state index contributed by atoms with van der Waals surface area (Å²) in [4.78, 5) is 28.8. The maximum atomic E-state index is 13.1. The van der Waals surface area contributed by atoms with Gasteiger partial charge in [0, 0.05) is 32.6 Å². The normalized spacial score (nSPS) is 15.9. The second-order valence-electron chi connectivity index (χ2n) is 8.62. The first-order chi connectivity index (χ1) is 13.8. The Morgan fingerprint density at radius 1 is 1.10 bits per heavy atom. The van der Waals surface area contributed by atoms with Crippen LogP contribution in [-0.2, 0) is 17.6 Å². The molecule has 0 saturated carbocycles. The largest absolute Gasteiger partial charge is 0.345 e. The van der Waals surface area contributed by atoms with Gasteiger partial charge in [-0.2, -0.15) is 0 Å². The van der Waals surface area contributed by atoms with Gasteiger partial charge in [0.15, 0.2) is 0 Å². The summed E-state index contributed by atoms with van der Waals surface area (Å²) in [6.07, 6.45) is 2.11. The van der Waals surface area contributed by atoms with Gasteiger partial charge in [0.25, 0.3) is 5.91 Å². The molecule has 2 amide bonds. The van der Waals surface area contributed by atoms with Gasteiger partial charge in [0.2, 0.25) is 5.91 Å². The van der Waals surface area contributed by atoms with Crippen molar-refractivity contribution in [2.24, 2.45) is 5.92 Å². The van der Waals surface area contributed by atoms with Crippen LogP contribution in [0.15, 0.2) is 42.5 Å². The van der Waals surface area contributed by atoms with Crippen molar-refractivity contribution in [3.05, 3.63) is 70.3 Å². The van der Waals surface area contributed by atoms with E-state index in [1.807, 2.05) is 24.3 Å². The van der Waals surface area contributed by atoms with Crippen LogP contribution in [-0.4, -0.2) is 42.3 Å². The van der Waals surface area contributed by atoms with Crippen LogP contribution in [0.2, 0.25) is 0 Å². The fraction of sp³-hybridized carbons (Fsp3) is 0.440. The zero-order valence-corrected chi connectivity index (χ0v) is 18.2. The van der Waals surface area contributed by atoms with E-state index in [2.05, 4.69) is 43.9 Å². The molecule has 154 valence electrons. The standard InChI is InChI=1S/C25H32N2O2/c1-17(2)24-22-12-6-18(3)16-21(22)14-15-27(24)23(28)13-9-19-7-10-20(11-8-19)25(29)26(4)5/h6-8,10-12,16-17,24H,9,13-15H2,1-5H3. The average molecular weight is 393 g/mol. The quantitative estimate of drug-likeness (QED) is 0.756. The van der Waals surface area contributed by atoms with Gasteiger partial charge in [-0.15, -0.1) is 0 Å². The maximum Gasteiger partial charge on any atom is 0.253 e. The number of rotatable bonds is 5. The fourth-order valence-corrected chi connectivity index (χ4v) is 4.25. The third-order valence-electron chi connectivity index (χ3n) is 5.76. The van der Waals surface area contributed by atoms with Crippen molar-refractivity contribution < 1.29 is 9.59 Å². The number of nitrogens with zero attached hydrogens (tertiary/aromatic N) is 2. The van der Waals surface area contributed by atoms with Crippen LogP contribution >= 0.6 is 0 Å². The molecule has 4 heteroatoms. The lowest BCUT2D eigenvalue weighted by molar-refractivity contribution is -0.135. The van der Waals surface area contributed by atoms with Crippen molar-refractivity contribution in [3.8, 4) is 0 Å². The molecule has 3 rings (SSSR count). The van der Waals surface area contributed by atoms with Crippen molar-refractivity contribution in [1.29, 1.82) is 0 Å². The van der Waals surface area contributed by atoms with Gasteiger partial charge in [0.05, 0.1) is 6.04 Å². The molecule has 1 atom stereocenters. The number of carbonyl (C=O) groups excluding carboxylic acids is 2. The smallest absolute Gasteiger partial charge is 0.253 e. The number of hydrogen-bond acceptors (Lipinski definition) is 2. The topological polar surface area (TPSA) is 40.6 Å². The SMILES string of the molecule is Cc1ccc2c(c1)CCN(C(=O)CCc1ccc(C(=O)N(C)C)cc1)C2C(C)C. The monoisotopic (exact) mass is 392 g/mol. The zero-order valence-electron chi connectivity index (χ0n) is 18.2. The summed E-state index contributed by atoms with van der Waals surface area (Å²) in [6, 6.07) is 14.4. The summed E-state index contributed by atoms with van der Waals surface area (Å²) in [7, 11) is 3.50. The van der Waals surface area contributed by atoms with E-state index in [9.17, 15) is 9.59 Å². The summed E-state index contributed by atoms with van der Waals surface area (Å²) in [6.45, 7) is 7.30. The third-order valence-corrected chi connectivity index (χ3v) is 5.76. The van der Waals surface area contributed by atoms with Crippen LogP contribution < -0.4 is 0 Å². The van der Waals surface area contributed by atoms with E-state index >= 15 is 0 Å². The van der Waals surface area contributed by atoms with E-state index < -0.39 is 0 Å². The molecular formula is C25H32N2O2. The summed E-state index contributed by atoms with van der Waals surface area (Å²) in [5, 5.41) is 0.